The lowest BCUT2D eigenvalue weighted by molar-refractivity contribution is -0.389. The fraction of sp³-hybridized carbons (Fsp3) is 0.400. The van der Waals surface area contributed by atoms with Crippen molar-refractivity contribution in [1.82, 2.24) is 19.4 Å². The van der Waals surface area contributed by atoms with Gasteiger partial charge in [-0.2, -0.15) is 13.2 Å². The van der Waals surface area contributed by atoms with Crippen molar-refractivity contribution >= 4 is 5.82 Å². The lowest BCUT2D eigenvalue weighted by Gasteiger charge is -2.34. The SMILES string of the molecule is CC1(CN2CCc3nc(-c4ccc(C(F)(F)F)o4)ccc3C2)Cn2cc([N+](=O)[O-])nc2O1. The van der Waals surface area contributed by atoms with E-state index in [-0.39, 0.29) is 17.6 Å². The molecular formula is C20H18F3N5O4. The highest BCUT2D eigenvalue weighted by Crippen LogP contribution is 2.35. The number of pyridine rings is 1. The fourth-order valence-corrected chi connectivity index (χ4v) is 4.21. The third-order valence-electron chi connectivity index (χ3n) is 5.58. The van der Waals surface area contributed by atoms with Crippen LogP contribution in [0.2, 0.25) is 0 Å². The molecule has 0 radical (unpaired) electrons. The van der Waals surface area contributed by atoms with Gasteiger partial charge in [0.15, 0.2) is 5.76 Å². The molecule has 5 rings (SSSR count). The van der Waals surface area contributed by atoms with Crippen molar-refractivity contribution in [3.8, 4) is 17.5 Å². The number of furan rings is 1. The largest absolute Gasteiger partial charge is 0.450 e. The quantitative estimate of drug-likeness (QED) is 0.443. The maximum Gasteiger partial charge on any atom is 0.449 e. The van der Waals surface area contributed by atoms with Gasteiger partial charge in [0.25, 0.3) is 0 Å². The van der Waals surface area contributed by atoms with E-state index in [1.165, 1.54) is 12.3 Å². The highest BCUT2D eigenvalue weighted by Gasteiger charge is 2.42. The summed E-state index contributed by atoms with van der Waals surface area (Å²) in [6.07, 6.45) is -2.54. The van der Waals surface area contributed by atoms with Crippen molar-refractivity contribution in [2.75, 3.05) is 13.1 Å². The Morgan fingerprint density at radius 2 is 2.06 bits per heavy atom. The molecule has 0 bridgehead atoms. The van der Waals surface area contributed by atoms with Crippen molar-refractivity contribution < 1.29 is 27.2 Å². The molecule has 5 heterocycles. The van der Waals surface area contributed by atoms with Gasteiger partial charge in [-0.25, -0.2) is 4.98 Å². The first kappa shape index (κ1) is 20.5. The molecule has 0 N–H and O–H groups in total. The molecule has 0 aliphatic carbocycles. The molecule has 12 heteroatoms. The Kier molecular flexibility index (Phi) is 4.52. The van der Waals surface area contributed by atoms with E-state index in [9.17, 15) is 23.3 Å². The van der Waals surface area contributed by atoms with Crippen LogP contribution in [0.15, 0.2) is 34.9 Å². The Balaban J connectivity index is 1.27. The summed E-state index contributed by atoms with van der Waals surface area (Å²) < 4.78 is 50.8. The average molecular weight is 449 g/mol. The minimum absolute atomic E-state index is 0.0814. The first-order valence-electron chi connectivity index (χ1n) is 9.89. The first-order valence-corrected chi connectivity index (χ1v) is 9.89. The van der Waals surface area contributed by atoms with Crippen LogP contribution in [0.5, 0.6) is 6.01 Å². The Morgan fingerprint density at radius 1 is 1.25 bits per heavy atom. The molecular weight excluding hydrogens is 431 g/mol. The van der Waals surface area contributed by atoms with Crippen LogP contribution in [0, 0.1) is 10.1 Å². The van der Waals surface area contributed by atoms with Crippen LogP contribution in [0.1, 0.15) is 23.9 Å². The first-order chi connectivity index (χ1) is 15.1. The molecule has 0 spiro atoms. The van der Waals surface area contributed by atoms with Gasteiger partial charge in [-0.1, -0.05) is 6.07 Å². The van der Waals surface area contributed by atoms with Crippen LogP contribution in [0.4, 0.5) is 19.0 Å². The number of alkyl halides is 3. The Bertz CT molecular complexity index is 1180. The third kappa shape index (κ3) is 3.70. The monoisotopic (exact) mass is 449 g/mol. The van der Waals surface area contributed by atoms with Crippen LogP contribution < -0.4 is 4.74 Å². The van der Waals surface area contributed by atoms with Gasteiger partial charge in [0, 0.05) is 36.7 Å². The van der Waals surface area contributed by atoms with Gasteiger partial charge in [-0.3, -0.25) is 9.47 Å². The van der Waals surface area contributed by atoms with Crippen molar-refractivity contribution in [2.24, 2.45) is 0 Å². The fourth-order valence-electron chi connectivity index (χ4n) is 4.21. The van der Waals surface area contributed by atoms with E-state index in [0.717, 1.165) is 17.3 Å². The van der Waals surface area contributed by atoms with Gasteiger partial charge >= 0.3 is 18.0 Å². The summed E-state index contributed by atoms with van der Waals surface area (Å²) in [7, 11) is 0. The average Bonchev–Trinajstić information content (AvgIpc) is 3.41. The molecule has 0 saturated heterocycles. The second kappa shape index (κ2) is 7.05. The number of hydrogen-bond acceptors (Lipinski definition) is 7. The van der Waals surface area contributed by atoms with E-state index in [1.54, 1.807) is 10.6 Å². The highest BCUT2D eigenvalue weighted by atomic mass is 19.4. The smallest absolute Gasteiger partial charge is 0.449 e. The van der Waals surface area contributed by atoms with Gasteiger partial charge in [-0.05, 0) is 35.6 Å². The Hall–Kier alpha value is -3.41. The number of halogens is 3. The van der Waals surface area contributed by atoms with Crippen LogP contribution >= 0.6 is 0 Å². The number of nitro groups is 1. The molecule has 9 nitrogen and oxygen atoms in total. The summed E-state index contributed by atoms with van der Waals surface area (Å²) in [4.78, 5) is 20.9. The Labute approximate surface area is 179 Å². The second-order valence-corrected chi connectivity index (χ2v) is 8.24. The molecule has 2 aliphatic heterocycles. The van der Waals surface area contributed by atoms with Gasteiger partial charge in [0.05, 0.1) is 6.54 Å². The van der Waals surface area contributed by atoms with E-state index in [0.29, 0.717) is 38.3 Å². The van der Waals surface area contributed by atoms with Crippen LogP contribution in [0.25, 0.3) is 11.5 Å². The summed E-state index contributed by atoms with van der Waals surface area (Å²) >= 11 is 0. The number of rotatable bonds is 4. The zero-order valence-electron chi connectivity index (χ0n) is 16.9. The van der Waals surface area contributed by atoms with E-state index >= 15 is 0 Å². The molecule has 3 aromatic heterocycles. The molecule has 3 aromatic rings. The van der Waals surface area contributed by atoms with Gasteiger partial charge in [0.1, 0.15) is 17.5 Å². The number of imidazole rings is 1. The summed E-state index contributed by atoms with van der Waals surface area (Å²) in [6, 6.07) is 5.92. The van der Waals surface area contributed by atoms with Crippen LogP contribution in [-0.2, 0) is 25.7 Å². The Morgan fingerprint density at radius 3 is 2.75 bits per heavy atom. The van der Waals surface area contributed by atoms with Crippen LogP contribution in [0.3, 0.4) is 0 Å². The minimum atomic E-state index is -4.54. The predicted molar refractivity (Wildman–Crippen MR) is 104 cm³/mol. The molecule has 0 aromatic carbocycles. The number of ether oxygens (including phenoxy) is 1. The number of fused-ring (bicyclic) bond motifs is 2. The lowest BCUT2D eigenvalue weighted by Crippen LogP contribution is -2.46. The standard InChI is InChI=1S/C20H18F3N5O4/c1-19(11-27-9-17(28(29)30)25-18(27)32-19)10-26-7-6-13-12(8-26)2-3-14(24-13)15-4-5-16(31-15)20(21,22)23/h2-5,9H,6-8,10-11H2,1H3. The van der Waals surface area contributed by atoms with E-state index in [2.05, 4.69) is 14.9 Å². The molecule has 0 amide bonds. The molecule has 1 atom stereocenters. The summed E-state index contributed by atoms with van der Waals surface area (Å²) in [5.74, 6) is -1.21. The molecule has 2 aliphatic rings. The molecule has 0 fully saturated rings. The van der Waals surface area contributed by atoms with Crippen molar-refractivity contribution in [2.45, 2.75) is 38.2 Å². The highest BCUT2D eigenvalue weighted by molar-refractivity contribution is 5.53. The van der Waals surface area contributed by atoms with E-state index < -0.39 is 22.5 Å². The number of hydrogen-bond donors (Lipinski definition) is 0. The summed E-state index contributed by atoms with van der Waals surface area (Å²) in [5.41, 5.74) is 1.60. The van der Waals surface area contributed by atoms with Crippen molar-refractivity contribution in [3.05, 3.63) is 57.6 Å². The maximum atomic E-state index is 12.8. The topological polar surface area (TPSA) is 99.5 Å². The zero-order chi connectivity index (χ0) is 22.7. The van der Waals surface area contributed by atoms with Crippen LogP contribution in [-0.4, -0.2) is 43.0 Å². The van der Waals surface area contributed by atoms with Crippen molar-refractivity contribution in [3.63, 3.8) is 0 Å². The van der Waals surface area contributed by atoms with Gasteiger partial charge in [0.2, 0.25) is 5.76 Å². The number of nitrogens with zero attached hydrogens (tertiary/aromatic N) is 5. The third-order valence-corrected chi connectivity index (χ3v) is 5.58. The number of aromatic nitrogens is 3. The van der Waals surface area contributed by atoms with Gasteiger partial charge < -0.3 is 19.3 Å². The second-order valence-electron chi connectivity index (χ2n) is 8.24. The summed E-state index contributed by atoms with van der Waals surface area (Å²) in [5, 5.41) is 10.9. The summed E-state index contributed by atoms with van der Waals surface area (Å²) in [6.45, 7) is 4.26. The molecule has 0 saturated carbocycles. The maximum absolute atomic E-state index is 12.8. The lowest BCUT2D eigenvalue weighted by atomic mass is 10.0. The molecule has 1 unspecified atom stereocenters. The molecule has 168 valence electrons. The van der Waals surface area contributed by atoms with Gasteiger partial charge in [-0.15, -0.1) is 0 Å². The van der Waals surface area contributed by atoms with E-state index in [4.69, 9.17) is 9.15 Å². The molecule has 32 heavy (non-hydrogen) atoms. The predicted octanol–water partition coefficient (Wildman–Crippen LogP) is 3.67. The van der Waals surface area contributed by atoms with E-state index in [1.807, 2.05) is 13.0 Å². The minimum Gasteiger partial charge on any atom is -0.450 e. The van der Waals surface area contributed by atoms with Crippen molar-refractivity contribution in [1.29, 1.82) is 0 Å². The normalized spacial score (nSPS) is 20.6. The zero-order valence-corrected chi connectivity index (χ0v) is 16.9.